The first kappa shape index (κ1) is 13.3. The molecule has 1 heterocycles. The lowest BCUT2D eigenvalue weighted by Crippen LogP contribution is -2.30. The van der Waals surface area contributed by atoms with Crippen molar-refractivity contribution >= 4 is 0 Å². The maximum absolute atomic E-state index is 5.36. The monoisotopic (exact) mass is 271 g/mol. The average molecular weight is 271 g/mol. The maximum atomic E-state index is 5.36. The second-order valence-corrected chi connectivity index (χ2v) is 5.76. The van der Waals surface area contributed by atoms with Crippen molar-refractivity contribution in [3.05, 3.63) is 47.6 Å². The van der Waals surface area contributed by atoms with Crippen LogP contribution in [0.25, 0.3) is 0 Å². The minimum atomic E-state index is 0.597. The third-order valence-corrected chi connectivity index (χ3v) is 4.10. The number of rotatable bonds is 6. The van der Waals surface area contributed by atoms with Gasteiger partial charge < -0.3 is 4.52 Å². The van der Waals surface area contributed by atoms with Gasteiger partial charge in [0.25, 0.3) is 0 Å². The van der Waals surface area contributed by atoms with Crippen molar-refractivity contribution in [2.24, 2.45) is 5.92 Å². The van der Waals surface area contributed by atoms with Gasteiger partial charge in [0.2, 0.25) is 5.89 Å². The van der Waals surface area contributed by atoms with E-state index in [2.05, 4.69) is 41.1 Å². The van der Waals surface area contributed by atoms with E-state index < -0.39 is 0 Å². The molecule has 0 spiro atoms. The largest absolute Gasteiger partial charge is 0.338 e. The van der Waals surface area contributed by atoms with Gasteiger partial charge in [0, 0.05) is 12.5 Å². The fourth-order valence-corrected chi connectivity index (χ4v) is 2.50. The summed E-state index contributed by atoms with van der Waals surface area (Å²) < 4.78 is 5.36. The number of aromatic nitrogens is 2. The molecule has 4 heteroatoms. The van der Waals surface area contributed by atoms with Gasteiger partial charge in [-0.05, 0) is 38.3 Å². The van der Waals surface area contributed by atoms with Crippen LogP contribution in [0, 0.1) is 5.92 Å². The highest BCUT2D eigenvalue weighted by molar-refractivity contribution is 5.18. The van der Waals surface area contributed by atoms with Gasteiger partial charge in [0.15, 0.2) is 5.82 Å². The smallest absolute Gasteiger partial charge is 0.240 e. The summed E-state index contributed by atoms with van der Waals surface area (Å²) in [5, 5.41) is 4.07. The van der Waals surface area contributed by atoms with E-state index in [-0.39, 0.29) is 0 Å². The Bertz CT molecular complexity index is 548. The van der Waals surface area contributed by atoms with E-state index in [9.17, 15) is 0 Å². The fraction of sp³-hybridized carbons (Fsp3) is 0.500. The topological polar surface area (TPSA) is 42.2 Å². The van der Waals surface area contributed by atoms with E-state index in [1.807, 2.05) is 18.2 Å². The average Bonchev–Trinajstić information content (AvgIpc) is 3.22. The predicted molar refractivity (Wildman–Crippen MR) is 77.2 cm³/mol. The summed E-state index contributed by atoms with van der Waals surface area (Å²) in [5.41, 5.74) is 1.21. The molecule has 1 saturated carbocycles. The molecule has 1 aliphatic rings. The van der Waals surface area contributed by atoms with Gasteiger partial charge in [-0.25, -0.2) is 0 Å². The van der Waals surface area contributed by atoms with Crippen molar-refractivity contribution in [3.8, 4) is 0 Å². The fourth-order valence-electron chi connectivity index (χ4n) is 2.50. The Morgan fingerprint density at radius 1 is 1.30 bits per heavy atom. The van der Waals surface area contributed by atoms with Crippen LogP contribution in [0.15, 0.2) is 34.9 Å². The van der Waals surface area contributed by atoms with Gasteiger partial charge in [-0.1, -0.05) is 35.5 Å². The van der Waals surface area contributed by atoms with E-state index in [1.54, 1.807) is 0 Å². The molecule has 0 N–H and O–H groups in total. The Labute approximate surface area is 119 Å². The Balaban J connectivity index is 1.59. The predicted octanol–water partition coefficient (Wildman–Crippen LogP) is 2.89. The molecule has 1 aromatic heterocycles. The normalized spacial score (nSPS) is 16.6. The number of hydrogen-bond acceptors (Lipinski definition) is 4. The van der Waals surface area contributed by atoms with Gasteiger partial charge in [0.05, 0.1) is 6.54 Å². The Morgan fingerprint density at radius 2 is 2.05 bits per heavy atom. The molecule has 4 nitrogen and oxygen atoms in total. The molecule has 0 saturated heterocycles. The van der Waals surface area contributed by atoms with Gasteiger partial charge in [0.1, 0.15) is 0 Å². The van der Waals surface area contributed by atoms with E-state index in [4.69, 9.17) is 4.52 Å². The SMILES string of the molecule is CC(C1CC1)N(C)Cc1nc(Cc2ccccc2)no1. The van der Waals surface area contributed by atoms with Crippen LogP contribution >= 0.6 is 0 Å². The molecule has 1 atom stereocenters. The molecule has 1 fully saturated rings. The molecule has 20 heavy (non-hydrogen) atoms. The van der Waals surface area contributed by atoms with Crippen LogP contribution in [0.3, 0.4) is 0 Å². The molecule has 0 bridgehead atoms. The van der Waals surface area contributed by atoms with Crippen LogP contribution in [-0.4, -0.2) is 28.1 Å². The van der Waals surface area contributed by atoms with Crippen molar-refractivity contribution in [1.82, 2.24) is 15.0 Å². The highest BCUT2D eigenvalue weighted by Gasteiger charge is 2.30. The van der Waals surface area contributed by atoms with Crippen LogP contribution < -0.4 is 0 Å². The van der Waals surface area contributed by atoms with Crippen molar-refractivity contribution < 1.29 is 4.52 Å². The van der Waals surface area contributed by atoms with Crippen molar-refractivity contribution in [2.75, 3.05) is 7.05 Å². The van der Waals surface area contributed by atoms with Gasteiger partial charge in [-0.3, -0.25) is 4.90 Å². The lowest BCUT2D eigenvalue weighted by atomic mass is 10.1. The molecule has 1 aliphatic carbocycles. The zero-order valence-corrected chi connectivity index (χ0v) is 12.1. The van der Waals surface area contributed by atoms with Crippen molar-refractivity contribution in [1.29, 1.82) is 0 Å². The third-order valence-electron chi connectivity index (χ3n) is 4.10. The summed E-state index contributed by atoms with van der Waals surface area (Å²) in [6.45, 7) is 3.01. The maximum Gasteiger partial charge on any atom is 0.240 e. The third kappa shape index (κ3) is 3.25. The summed E-state index contributed by atoms with van der Waals surface area (Å²) in [6, 6.07) is 10.8. The first-order valence-electron chi connectivity index (χ1n) is 7.28. The molecule has 3 rings (SSSR count). The Hall–Kier alpha value is -1.68. The summed E-state index contributed by atoms with van der Waals surface area (Å²) in [4.78, 5) is 6.79. The molecule has 1 aromatic carbocycles. The standard InChI is InChI=1S/C16H21N3O/c1-12(14-8-9-14)19(2)11-16-17-15(18-20-16)10-13-6-4-3-5-7-13/h3-7,12,14H,8-11H2,1-2H3. The minimum absolute atomic E-state index is 0.597. The lowest BCUT2D eigenvalue weighted by Gasteiger charge is -2.22. The van der Waals surface area contributed by atoms with Crippen LogP contribution in [0.4, 0.5) is 0 Å². The van der Waals surface area contributed by atoms with Crippen LogP contribution in [-0.2, 0) is 13.0 Å². The van der Waals surface area contributed by atoms with Crippen molar-refractivity contribution in [2.45, 2.75) is 38.8 Å². The summed E-state index contributed by atoms with van der Waals surface area (Å²) in [6.07, 6.45) is 3.44. The first-order chi connectivity index (χ1) is 9.72. The number of benzene rings is 1. The zero-order valence-electron chi connectivity index (χ0n) is 12.1. The van der Waals surface area contributed by atoms with Crippen LogP contribution in [0.5, 0.6) is 0 Å². The summed E-state index contributed by atoms with van der Waals surface area (Å²) in [5.74, 6) is 2.33. The van der Waals surface area contributed by atoms with Gasteiger partial charge in [-0.2, -0.15) is 4.98 Å². The van der Waals surface area contributed by atoms with E-state index in [1.165, 1.54) is 18.4 Å². The molecular formula is C16H21N3O. The first-order valence-corrected chi connectivity index (χ1v) is 7.28. The highest BCUT2D eigenvalue weighted by Crippen LogP contribution is 2.34. The zero-order chi connectivity index (χ0) is 13.9. The second-order valence-electron chi connectivity index (χ2n) is 5.76. The molecular weight excluding hydrogens is 250 g/mol. The van der Waals surface area contributed by atoms with E-state index in [0.717, 1.165) is 24.7 Å². The molecule has 0 radical (unpaired) electrons. The molecule has 0 amide bonds. The van der Waals surface area contributed by atoms with E-state index >= 15 is 0 Å². The van der Waals surface area contributed by atoms with Crippen LogP contribution in [0.1, 0.15) is 37.0 Å². The molecule has 0 aliphatic heterocycles. The van der Waals surface area contributed by atoms with E-state index in [0.29, 0.717) is 11.9 Å². The number of nitrogens with zero attached hydrogens (tertiary/aromatic N) is 3. The number of hydrogen-bond donors (Lipinski definition) is 0. The van der Waals surface area contributed by atoms with Crippen molar-refractivity contribution in [3.63, 3.8) is 0 Å². The second kappa shape index (κ2) is 5.75. The summed E-state index contributed by atoms with van der Waals surface area (Å²) >= 11 is 0. The lowest BCUT2D eigenvalue weighted by molar-refractivity contribution is 0.197. The summed E-state index contributed by atoms with van der Waals surface area (Å²) in [7, 11) is 2.13. The van der Waals surface area contributed by atoms with Crippen LogP contribution in [0.2, 0.25) is 0 Å². The quantitative estimate of drug-likeness (QED) is 0.810. The minimum Gasteiger partial charge on any atom is -0.338 e. The molecule has 2 aromatic rings. The van der Waals surface area contributed by atoms with Gasteiger partial charge >= 0.3 is 0 Å². The highest BCUT2D eigenvalue weighted by atomic mass is 16.5. The molecule has 106 valence electrons. The Morgan fingerprint density at radius 3 is 2.75 bits per heavy atom. The van der Waals surface area contributed by atoms with Gasteiger partial charge in [-0.15, -0.1) is 0 Å². The molecule has 1 unspecified atom stereocenters. The Kier molecular flexibility index (Phi) is 3.83.